The van der Waals surface area contributed by atoms with E-state index in [2.05, 4.69) is 24.5 Å². The summed E-state index contributed by atoms with van der Waals surface area (Å²) in [7, 11) is 0. The normalized spacial score (nSPS) is 11.4. The van der Waals surface area contributed by atoms with Gasteiger partial charge < -0.3 is 10.1 Å². The standard InChI is InChI=1S/C10H10N2O4S/c1-2-9(17)11-10(13)16-8-5-3-7(4-6-8)12(14)15/h2-6,9,17H,1H2,(H,11,13). The van der Waals surface area contributed by atoms with Gasteiger partial charge in [-0.15, -0.1) is 6.58 Å². The van der Waals surface area contributed by atoms with Crippen LogP contribution in [0, 0.1) is 10.1 Å². The zero-order valence-electron chi connectivity index (χ0n) is 8.70. The van der Waals surface area contributed by atoms with Gasteiger partial charge in [0.15, 0.2) is 0 Å². The Bertz CT molecular complexity index is 432. The van der Waals surface area contributed by atoms with Crippen LogP contribution < -0.4 is 10.1 Å². The Labute approximate surface area is 103 Å². The highest BCUT2D eigenvalue weighted by molar-refractivity contribution is 7.81. The topological polar surface area (TPSA) is 81.5 Å². The Morgan fingerprint density at radius 1 is 1.53 bits per heavy atom. The van der Waals surface area contributed by atoms with Gasteiger partial charge in [0.1, 0.15) is 5.75 Å². The van der Waals surface area contributed by atoms with E-state index in [0.717, 1.165) is 0 Å². The summed E-state index contributed by atoms with van der Waals surface area (Å²) < 4.78 is 4.85. The molecule has 1 N–H and O–H groups in total. The summed E-state index contributed by atoms with van der Waals surface area (Å²) in [4.78, 5) is 21.1. The lowest BCUT2D eigenvalue weighted by molar-refractivity contribution is -0.384. The second kappa shape index (κ2) is 5.90. The molecule has 0 bridgehead atoms. The van der Waals surface area contributed by atoms with Gasteiger partial charge in [0.25, 0.3) is 5.69 Å². The van der Waals surface area contributed by atoms with Crippen molar-refractivity contribution in [2.75, 3.05) is 0 Å². The highest BCUT2D eigenvalue weighted by Gasteiger charge is 2.09. The van der Waals surface area contributed by atoms with E-state index in [9.17, 15) is 14.9 Å². The molecule has 1 aromatic rings. The van der Waals surface area contributed by atoms with Crippen molar-refractivity contribution >= 4 is 24.4 Å². The number of ether oxygens (including phenoxy) is 1. The van der Waals surface area contributed by atoms with Crippen molar-refractivity contribution in [2.45, 2.75) is 5.37 Å². The van der Waals surface area contributed by atoms with Crippen molar-refractivity contribution in [3.63, 3.8) is 0 Å². The molecule has 0 aliphatic rings. The van der Waals surface area contributed by atoms with E-state index in [-0.39, 0.29) is 11.4 Å². The van der Waals surface area contributed by atoms with E-state index in [1.54, 1.807) is 0 Å². The molecule has 1 aromatic carbocycles. The number of carbonyl (C=O) groups excluding carboxylic acids is 1. The first-order valence-electron chi connectivity index (χ1n) is 4.56. The van der Waals surface area contributed by atoms with Crippen LogP contribution in [-0.2, 0) is 0 Å². The zero-order chi connectivity index (χ0) is 12.8. The minimum Gasteiger partial charge on any atom is -0.410 e. The van der Waals surface area contributed by atoms with Crippen LogP contribution in [0.5, 0.6) is 5.75 Å². The van der Waals surface area contributed by atoms with Gasteiger partial charge in [-0.1, -0.05) is 6.08 Å². The van der Waals surface area contributed by atoms with E-state index in [1.807, 2.05) is 0 Å². The van der Waals surface area contributed by atoms with Gasteiger partial charge >= 0.3 is 6.09 Å². The molecule has 90 valence electrons. The number of nitro benzene ring substituents is 1. The first-order chi connectivity index (χ1) is 8.02. The zero-order valence-corrected chi connectivity index (χ0v) is 9.59. The Balaban J connectivity index is 2.60. The number of nitro groups is 1. The maximum Gasteiger partial charge on any atom is 0.413 e. The SMILES string of the molecule is C=CC(S)NC(=O)Oc1ccc([N+](=O)[O-])cc1. The van der Waals surface area contributed by atoms with Crippen molar-refractivity contribution in [3.8, 4) is 5.75 Å². The second-order valence-electron chi connectivity index (χ2n) is 2.97. The molecule has 0 saturated carbocycles. The van der Waals surface area contributed by atoms with Gasteiger partial charge in [0.05, 0.1) is 10.3 Å². The fourth-order valence-corrected chi connectivity index (χ4v) is 1.06. The molecule has 1 amide bonds. The lowest BCUT2D eigenvalue weighted by Crippen LogP contribution is -2.31. The molecule has 0 aliphatic carbocycles. The van der Waals surface area contributed by atoms with Gasteiger partial charge in [-0.05, 0) is 12.1 Å². The van der Waals surface area contributed by atoms with Crippen LogP contribution in [0.3, 0.4) is 0 Å². The van der Waals surface area contributed by atoms with Crippen molar-refractivity contribution < 1.29 is 14.5 Å². The Morgan fingerprint density at radius 3 is 2.59 bits per heavy atom. The summed E-state index contributed by atoms with van der Waals surface area (Å²) in [6.45, 7) is 3.43. The smallest absolute Gasteiger partial charge is 0.410 e. The number of non-ortho nitro benzene ring substituents is 1. The molecular weight excluding hydrogens is 244 g/mol. The van der Waals surface area contributed by atoms with Crippen LogP contribution >= 0.6 is 12.6 Å². The van der Waals surface area contributed by atoms with Crippen molar-refractivity contribution in [3.05, 3.63) is 47.0 Å². The molecule has 7 heteroatoms. The summed E-state index contributed by atoms with van der Waals surface area (Å²) in [5.74, 6) is 0.206. The summed E-state index contributed by atoms with van der Waals surface area (Å²) >= 11 is 3.96. The molecular formula is C10H10N2O4S. The van der Waals surface area contributed by atoms with Gasteiger partial charge in [-0.25, -0.2) is 4.79 Å². The third kappa shape index (κ3) is 4.15. The predicted molar refractivity (Wildman–Crippen MR) is 65.2 cm³/mol. The first-order valence-corrected chi connectivity index (χ1v) is 5.08. The number of hydrogen-bond acceptors (Lipinski definition) is 5. The first kappa shape index (κ1) is 13.0. The minimum absolute atomic E-state index is 0.0732. The van der Waals surface area contributed by atoms with Gasteiger partial charge in [0, 0.05) is 12.1 Å². The predicted octanol–water partition coefficient (Wildman–Crippen LogP) is 2.13. The summed E-state index contributed by atoms with van der Waals surface area (Å²) in [5, 5.41) is 12.2. The molecule has 1 unspecified atom stereocenters. The van der Waals surface area contributed by atoms with E-state index in [0.29, 0.717) is 0 Å². The van der Waals surface area contributed by atoms with Crippen LogP contribution in [0.1, 0.15) is 0 Å². The largest absolute Gasteiger partial charge is 0.413 e. The number of thiol groups is 1. The molecule has 0 aliphatic heterocycles. The summed E-state index contributed by atoms with van der Waals surface area (Å²) in [6.07, 6.45) is 0.707. The van der Waals surface area contributed by atoms with E-state index in [1.165, 1.54) is 30.3 Å². The maximum atomic E-state index is 11.2. The molecule has 0 heterocycles. The van der Waals surface area contributed by atoms with E-state index < -0.39 is 16.4 Å². The monoisotopic (exact) mass is 254 g/mol. The lowest BCUT2D eigenvalue weighted by Gasteiger charge is -2.08. The average Bonchev–Trinajstić information content (AvgIpc) is 2.29. The van der Waals surface area contributed by atoms with Crippen LogP contribution in [-0.4, -0.2) is 16.4 Å². The van der Waals surface area contributed by atoms with Crippen molar-refractivity contribution in [1.82, 2.24) is 5.32 Å². The molecule has 0 radical (unpaired) electrons. The lowest BCUT2D eigenvalue weighted by atomic mass is 10.3. The number of amides is 1. The fourth-order valence-electron chi connectivity index (χ4n) is 0.952. The Hall–Kier alpha value is -2.02. The van der Waals surface area contributed by atoms with E-state index in [4.69, 9.17) is 4.74 Å². The quantitative estimate of drug-likeness (QED) is 0.283. The summed E-state index contributed by atoms with van der Waals surface area (Å²) in [5.41, 5.74) is -0.0732. The van der Waals surface area contributed by atoms with Gasteiger partial charge in [-0.3, -0.25) is 10.1 Å². The number of carbonyl (C=O) groups is 1. The van der Waals surface area contributed by atoms with Crippen LogP contribution in [0.2, 0.25) is 0 Å². The number of benzene rings is 1. The molecule has 0 aromatic heterocycles. The highest BCUT2D eigenvalue weighted by atomic mass is 32.1. The summed E-state index contributed by atoms with van der Waals surface area (Å²) in [6, 6.07) is 5.15. The molecule has 0 fully saturated rings. The molecule has 1 rings (SSSR count). The average molecular weight is 254 g/mol. The van der Waals surface area contributed by atoms with Crippen molar-refractivity contribution in [2.24, 2.45) is 0 Å². The molecule has 6 nitrogen and oxygen atoms in total. The number of nitrogens with zero attached hydrogens (tertiary/aromatic N) is 1. The van der Waals surface area contributed by atoms with Crippen LogP contribution in [0.15, 0.2) is 36.9 Å². The van der Waals surface area contributed by atoms with E-state index >= 15 is 0 Å². The molecule has 0 spiro atoms. The third-order valence-electron chi connectivity index (χ3n) is 1.75. The van der Waals surface area contributed by atoms with Crippen LogP contribution in [0.25, 0.3) is 0 Å². The Morgan fingerprint density at radius 2 is 2.12 bits per heavy atom. The second-order valence-corrected chi connectivity index (χ2v) is 3.52. The van der Waals surface area contributed by atoms with Crippen LogP contribution in [0.4, 0.5) is 10.5 Å². The minimum atomic E-state index is -0.709. The fraction of sp³-hybridized carbons (Fsp3) is 0.100. The maximum absolute atomic E-state index is 11.2. The number of rotatable bonds is 4. The van der Waals surface area contributed by atoms with Crippen molar-refractivity contribution in [1.29, 1.82) is 0 Å². The number of nitrogens with one attached hydrogen (secondary N) is 1. The highest BCUT2D eigenvalue weighted by Crippen LogP contribution is 2.17. The third-order valence-corrected chi connectivity index (χ3v) is 2.09. The van der Waals surface area contributed by atoms with Gasteiger partial charge in [-0.2, -0.15) is 12.6 Å². The number of hydrogen-bond donors (Lipinski definition) is 2. The van der Waals surface area contributed by atoms with Gasteiger partial charge in [0.2, 0.25) is 0 Å². The molecule has 0 saturated heterocycles. The Kier molecular flexibility index (Phi) is 4.53. The molecule has 1 atom stereocenters. The molecule has 17 heavy (non-hydrogen) atoms.